The molecular weight excluding hydrogens is 260 g/mol. The number of carbonyl (C=O) groups is 2. The average Bonchev–Trinajstić information content (AvgIpc) is 2.37. The number of carboxylic acids is 1. The van der Waals surface area contributed by atoms with E-state index in [1.165, 1.54) is 0 Å². The minimum atomic E-state index is -0.889. The van der Waals surface area contributed by atoms with E-state index in [-0.39, 0.29) is 23.9 Å². The van der Waals surface area contributed by atoms with Crippen LogP contribution in [0.5, 0.6) is 0 Å². The molecule has 6 heteroatoms. The third kappa shape index (κ3) is 6.23. The van der Waals surface area contributed by atoms with Crippen molar-refractivity contribution in [3.63, 3.8) is 0 Å². The summed E-state index contributed by atoms with van der Waals surface area (Å²) in [6.07, 6.45) is 3.34. The van der Waals surface area contributed by atoms with Crippen molar-refractivity contribution in [1.82, 2.24) is 10.6 Å². The predicted molar refractivity (Wildman–Crippen MR) is 75.6 cm³/mol. The zero-order valence-corrected chi connectivity index (χ0v) is 12.4. The molecule has 1 unspecified atom stereocenters. The molecule has 6 nitrogen and oxygen atoms in total. The molecule has 0 aliphatic carbocycles. The number of urea groups is 1. The molecule has 3 N–H and O–H groups in total. The van der Waals surface area contributed by atoms with Crippen LogP contribution in [0.4, 0.5) is 4.79 Å². The first kappa shape index (κ1) is 16.8. The van der Waals surface area contributed by atoms with E-state index in [1.54, 1.807) is 0 Å². The van der Waals surface area contributed by atoms with E-state index in [0.29, 0.717) is 13.0 Å². The van der Waals surface area contributed by atoms with Gasteiger partial charge in [0.15, 0.2) is 0 Å². The van der Waals surface area contributed by atoms with Crippen molar-refractivity contribution in [3.05, 3.63) is 0 Å². The third-order valence-corrected chi connectivity index (χ3v) is 3.77. The molecule has 20 heavy (non-hydrogen) atoms. The number of ether oxygens (including phenoxy) is 1. The van der Waals surface area contributed by atoms with E-state index >= 15 is 0 Å². The van der Waals surface area contributed by atoms with Gasteiger partial charge in [-0.1, -0.05) is 20.3 Å². The van der Waals surface area contributed by atoms with Crippen molar-refractivity contribution < 1.29 is 19.4 Å². The smallest absolute Gasteiger partial charge is 0.315 e. The largest absolute Gasteiger partial charge is 0.481 e. The highest BCUT2D eigenvalue weighted by Crippen LogP contribution is 2.28. The summed E-state index contributed by atoms with van der Waals surface area (Å²) in [6, 6.07) is -0.586. The van der Waals surface area contributed by atoms with Gasteiger partial charge in [-0.25, -0.2) is 4.79 Å². The number of hydrogen-bond acceptors (Lipinski definition) is 3. The zero-order chi connectivity index (χ0) is 15.0. The predicted octanol–water partition coefficient (Wildman–Crippen LogP) is 1.75. The molecule has 1 rings (SSSR count). The lowest BCUT2D eigenvalue weighted by Crippen LogP contribution is -2.47. The second kappa shape index (κ2) is 8.09. The minimum Gasteiger partial charge on any atom is -0.481 e. The Morgan fingerprint density at radius 3 is 2.55 bits per heavy atom. The first-order valence-corrected chi connectivity index (χ1v) is 7.29. The molecular formula is C14H26N2O4. The molecule has 0 aromatic heterocycles. The van der Waals surface area contributed by atoms with Gasteiger partial charge in [0.1, 0.15) is 0 Å². The van der Waals surface area contributed by atoms with Gasteiger partial charge in [-0.05, 0) is 24.7 Å². The quantitative estimate of drug-likeness (QED) is 0.665. The molecule has 116 valence electrons. The molecule has 0 aromatic rings. The van der Waals surface area contributed by atoms with Crippen molar-refractivity contribution in [2.45, 2.75) is 52.0 Å². The summed E-state index contributed by atoms with van der Waals surface area (Å²) < 4.78 is 5.32. The fraction of sp³-hybridized carbons (Fsp3) is 0.857. The van der Waals surface area contributed by atoms with E-state index in [1.807, 2.05) is 6.92 Å². The van der Waals surface area contributed by atoms with Gasteiger partial charge in [0.2, 0.25) is 0 Å². The minimum absolute atomic E-state index is 0.0353. The van der Waals surface area contributed by atoms with Crippen molar-refractivity contribution >= 4 is 12.0 Å². The van der Waals surface area contributed by atoms with Crippen LogP contribution in [0.1, 0.15) is 46.0 Å². The van der Waals surface area contributed by atoms with E-state index in [9.17, 15) is 9.59 Å². The van der Waals surface area contributed by atoms with E-state index < -0.39 is 5.97 Å². The summed E-state index contributed by atoms with van der Waals surface area (Å²) in [4.78, 5) is 22.6. The topological polar surface area (TPSA) is 87.7 Å². The van der Waals surface area contributed by atoms with Crippen LogP contribution in [0.25, 0.3) is 0 Å². The lowest BCUT2D eigenvalue weighted by molar-refractivity contribution is -0.137. The van der Waals surface area contributed by atoms with Crippen LogP contribution in [0.15, 0.2) is 0 Å². The SMILES string of the molecule is CCCC(CC(=O)O)NC(=O)NCC1(C)CCOCC1. The highest BCUT2D eigenvalue weighted by molar-refractivity contribution is 5.75. The van der Waals surface area contributed by atoms with Crippen LogP contribution in [0.3, 0.4) is 0 Å². The monoisotopic (exact) mass is 286 g/mol. The van der Waals surface area contributed by atoms with Crippen LogP contribution in [0, 0.1) is 5.41 Å². The van der Waals surface area contributed by atoms with Gasteiger partial charge in [-0.2, -0.15) is 0 Å². The highest BCUT2D eigenvalue weighted by Gasteiger charge is 2.28. The molecule has 1 heterocycles. The molecule has 2 amide bonds. The Balaban J connectivity index is 2.35. The molecule has 0 spiro atoms. The second-order valence-electron chi connectivity index (χ2n) is 5.83. The number of rotatable bonds is 7. The maximum Gasteiger partial charge on any atom is 0.315 e. The lowest BCUT2D eigenvalue weighted by atomic mass is 9.82. The molecule has 1 aliphatic heterocycles. The van der Waals surface area contributed by atoms with Crippen molar-refractivity contribution in [2.75, 3.05) is 19.8 Å². The fourth-order valence-corrected chi connectivity index (χ4v) is 2.36. The third-order valence-electron chi connectivity index (χ3n) is 3.77. The molecule has 1 fully saturated rings. The summed E-state index contributed by atoms with van der Waals surface area (Å²) in [5.74, 6) is -0.889. The lowest BCUT2D eigenvalue weighted by Gasteiger charge is -2.33. The van der Waals surface area contributed by atoms with Crippen LogP contribution in [0.2, 0.25) is 0 Å². The standard InChI is InChI=1S/C14H26N2O4/c1-3-4-11(9-12(17)18)16-13(19)15-10-14(2)5-7-20-8-6-14/h11H,3-10H2,1-2H3,(H,17,18)(H2,15,16,19). The van der Waals surface area contributed by atoms with E-state index in [0.717, 1.165) is 32.5 Å². The number of carboxylic acid groups (broad SMARTS) is 1. The molecule has 0 aromatic carbocycles. The van der Waals surface area contributed by atoms with Crippen LogP contribution >= 0.6 is 0 Å². The van der Waals surface area contributed by atoms with Crippen molar-refractivity contribution in [1.29, 1.82) is 0 Å². The number of aliphatic carboxylic acids is 1. The van der Waals surface area contributed by atoms with Gasteiger partial charge in [0.25, 0.3) is 0 Å². The first-order chi connectivity index (χ1) is 9.45. The zero-order valence-electron chi connectivity index (χ0n) is 12.4. The molecule has 0 saturated carbocycles. The summed E-state index contributed by atoms with van der Waals surface area (Å²) in [7, 11) is 0. The Morgan fingerprint density at radius 2 is 2.00 bits per heavy atom. The fourth-order valence-electron chi connectivity index (χ4n) is 2.36. The Bertz CT molecular complexity index is 327. The van der Waals surface area contributed by atoms with Crippen molar-refractivity contribution in [3.8, 4) is 0 Å². The number of hydrogen-bond donors (Lipinski definition) is 3. The highest BCUT2D eigenvalue weighted by atomic mass is 16.5. The van der Waals surface area contributed by atoms with Crippen LogP contribution in [-0.4, -0.2) is 42.9 Å². The van der Waals surface area contributed by atoms with Crippen molar-refractivity contribution in [2.24, 2.45) is 5.41 Å². The Morgan fingerprint density at radius 1 is 1.35 bits per heavy atom. The Labute approximate surface area is 120 Å². The Kier molecular flexibility index (Phi) is 6.78. The summed E-state index contributed by atoms with van der Waals surface area (Å²) in [5.41, 5.74) is 0.0721. The summed E-state index contributed by atoms with van der Waals surface area (Å²) >= 11 is 0. The van der Waals surface area contributed by atoms with Gasteiger partial charge >= 0.3 is 12.0 Å². The molecule has 1 aliphatic rings. The summed E-state index contributed by atoms with van der Waals surface area (Å²) in [5, 5.41) is 14.4. The molecule has 1 atom stereocenters. The van der Waals surface area contributed by atoms with Gasteiger partial charge in [-0.15, -0.1) is 0 Å². The van der Waals surface area contributed by atoms with Gasteiger partial charge in [0.05, 0.1) is 6.42 Å². The van der Waals surface area contributed by atoms with E-state index in [4.69, 9.17) is 9.84 Å². The molecule has 0 radical (unpaired) electrons. The maximum atomic E-state index is 11.8. The van der Waals surface area contributed by atoms with Crippen LogP contribution < -0.4 is 10.6 Å². The summed E-state index contributed by atoms with van der Waals surface area (Å²) in [6.45, 7) is 6.16. The normalized spacial score (nSPS) is 19.1. The van der Waals surface area contributed by atoms with E-state index in [2.05, 4.69) is 17.6 Å². The number of amides is 2. The Hall–Kier alpha value is -1.30. The van der Waals surface area contributed by atoms with Gasteiger partial charge < -0.3 is 20.5 Å². The average molecular weight is 286 g/mol. The van der Waals surface area contributed by atoms with Crippen LogP contribution in [-0.2, 0) is 9.53 Å². The molecule has 0 bridgehead atoms. The van der Waals surface area contributed by atoms with Gasteiger partial charge in [-0.3, -0.25) is 4.79 Å². The second-order valence-corrected chi connectivity index (χ2v) is 5.83. The maximum absolute atomic E-state index is 11.8. The number of nitrogens with one attached hydrogen (secondary N) is 2. The number of carbonyl (C=O) groups excluding carboxylic acids is 1. The first-order valence-electron chi connectivity index (χ1n) is 7.29. The van der Waals surface area contributed by atoms with Gasteiger partial charge in [0, 0.05) is 25.8 Å². The molecule has 1 saturated heterocycles.